The summed E-state index contributed by atoms with van der Waals surface area (Å²) in [5, 5.41) is 3.12. The van der Waals surface area contributed by atoms with Crippen LogP contribution in [0.3, 0.4) is 0 Å². The van der Waals surface area contributed by atoms with Gasteiger partial charge in [0.25, 0.3) is 0 Å². The average Bonchev–Trinajstić information content (AvgIpc) is 3.23. The van der Waals surface area contributed by atoms with Gasteiger partial charge >= 0.3 is 6.03 Å². The van der Waals surface area contributed by atoms with Crippen molar-refractivity contribution in [3.8, 4) is 0 Å². The van der Waals surface area contributed by atoms with Crippen LogP contribution >= 0.6 is 0 Å². The fourth-order valence-electron chi connectivity index (χ4n) is 4.13. The Morgan fingerprint density at radius 3 is 2.71 bits per heavy atom. The number of nitrogens with two attached hydrogens (primary N) is 1. The van der Waals surface area contributed by atoms with Crippen molar-refractivity contribution in [1.29, 1.82) is 0 Å². The van der Waals surface area contributed by atoms with E-state index in [1.807, 2.05) is 0 Å². The zero-order valence-electron chi connectivity index (χ0n) is 14.4. The van der Waals surface area contributed by atoms with Crippen molar-refractivity contribution in [2.45, 2.75) is 44.4 Å². The largest absolute Gasteiger partial charge is 0.369 e. The highest BCUT2D eigenvalue weighted by Crippen LogP contribution is 2.40. The molecule has 0 bridgehead atoms. The molecule has 1 atom stereocenters. The van der Waals surface area contributed by atoms with Gasteiger partial charge < -0.3 is 16.0 Å². The maximum Gasteiger partial charge on any atom is 0.317 e. The molecule has 1 heterocycles. The van der Waals surface area contributed by atoms with Gasteiger partial charge in [-0.2, -0.15) is 0 Å². The van der Waals surface area contributed by atoms with Crippen LogP contribution in [0.15, 0.2) is 24.3 Å². The van der Waals surface area contributed by atoms with E-state index in [1.165, 1.54) is 24.0 Å². The Bertz CT molecular complexity index is 623. The van der Waals surface area contributed by atoms with Gasteiger partial charge in [-0.1, -0.05) is 42.7 Å². The Kier molecular flexibility index (Phi) is 4.78. The molecule has 24 heavy (non-hydrogen) atoms. The number of nitrogens with zero attached hydrogens (tertiary/aromatic N) is 1. The van der Waals surface area contributed by atoms with Crippen LogP contribution in [0.4, 0.5) is 4.79 Å². The van der Waals surface area contributed by atoms with Crippen LogP contribution in [0.25, 0.3) is 0 Å². The molecule has 0 spiro atoms. The average molecular weight is 329 g/mol. The SMILES string of the molecule is Cc1cccc(C2(CNC(=O)N3CC[C@@H](C(N)=O)C3)CCCC2)c1. The lowest BCUT2D eigenvalue weighted by Gasteiger charge is -2.31. The van der Waals surface area contributed by atoms with Gasteiger partial charge in [0.2, 0.25) is 5.91 Å². The first-order chi connectivity index (χ1) is 11.5. The standard InChI is InChI=1S/C19H27N3O2/c1-14-5-4-6-16(11-14)19(8-2-3-9-19)13-21-18(24)22-10-7-15(12-22)17(20)23/h4-6,11,15H,2-3,7-10,12-13H2,1H3,(H2,20,23)(H,21,24)/t15-/m1/s1. The maximum atomic E-state index is 12.5. The molecule has 5 nitrogen and oxygen atoms in total. The summed E-state index contributed by atoms with van der Waals surface area (Å²) in [5.41, 5.74) is 7.98. The molecule has 0 unspecified atom stereocenters. The van der Waals surface area contributed by atoms with Crippen molar-refractivity contribution in [1.82, 2.24) is 10.2 Å². The maximum absolute atomic E-state index is 12.5. The molecule has 5 heteroatoms. The molecular weight excluding hydrogens is 302 g/mol. The summed E-state index contributed by atoms with van der Waals surface area (Å²) in [6.45, 7) is 3.82. The Hall–Kier alpha value is -2.04. The number of amides is 3. The minimum absolute atomic E-state index is 0.0461. The van der Waals surface area contributed by atoms with E-state index in [2.05, 4.69) is 36.5 Å². The number of likely N-dealkylation sites (tertiary alicyclic amines) is 1. The molecule has 1 aromatic carbocycles. The van der Waals surface area contributed by atoms with E-state index in [1.54, 1.807) is 4.90 Å². The molecule has 3 amide bonds. The van der Waals surface area contributed by atoms with Gasteiger partial charge in [-0.25, -0.2) is 4.79 Å². The summed E-state index contributed by atoms with van der Waals surface area (Å²) >= 11 is 0. The number of hydrogen-bond acceptors (Lipinski definition) is 2. The first-order valence-electron chi connectivity index (χ1n) is 8.89. The summed E-state index contributed by atoms with van der Waals surface area (Å²) in [6, 6.07) is 8.57. The normalized spacial score (nSPS) is 22.5. The highest BCUT2D eigenvalue weighted by atomic mass is 16.2. The van der Waals surface area contributed by atoms with Crippen molar-refractivity contribution in [2.75, 3.05) is 19.6 Å². The molecule has 0 radical (unpaired) electrons. The van der Waals surface area contributed by atoms with Crippen LogP contribution in [0.5, 0.6) is 0 Å². The molecule has 1 aliphatic carbocycles. The lowest BCUT2D eigenvalue weighted by Crippen LogP contribution is -2.45. The molecule has 3 rings (SSSR count). The van der Waals surface area contributed by atoms with Gasteiger partial charge in [0.15, 0.2) is 0 Å². The van der Waals surface area contributed by atoms with Crippen molar-refractivity contribution in [2.24, 2.45) is 11.7 Å². The van der Waals surface area contributed by atoms with E-state index >= 15 is 0 Å². The predicted molar refractivity (Wildman–Crippen MR) is 93.6 cm³/mol. The van der Waals surface area contributed by atoms with Gasteiger partial charge in [0, 0.05) is 25.0 Å². The summed E-state index contributed by atoms with van der Waals surface area (Å²) < 4.78 is 0. The van der Waals surface area contributed by atoms with E-state index in [0.29, 0.717) is 26.1 Å². The third-order valence-electron chi connectivity index (χ3n) is 5.65. The Labute approximate surface area is 143 Å². The van der Waals surface area contributed by atoms with E-state index in [0.717, 1.165) is 12.8 Å². The number of nitrogens with one attached hydrogen (secondary N) is 1. The summed E-state index contributed by atoms with van der Waals surface area (Å²) in [4.78, 5) is 25.5. The van der Waals surface area contributed by atoms with E-state index in [4.69, 9.17) is 5.73 Å². The van der Waals surface area contributed by atoms with Gasteiger partial charge in [0.05, 0.1) is 5.92 Å². The number of hydrogen-bond donors (Lipinski definition) is 2. The van der Waals surface area contributed by atoms with Crippen LogP contribution in [0.1, 0.15) is 43.2 Å². The molecular formula is C19H27N3O2. The number of benzene rings is 1. The monoisotopic (exact) mass is 329 g/mol. The number of carbonyl (C=O) groups excluding carboxylic acids is 2. The number of carbonyl (C=O) groups is 2. The molecule has 130 valence electrons. The fraction of sp³-hybridized carbons (Fsp3) is 0.579. The number of urea groups is 1. The quantitative estimate of drug-likeness (QED) is 0.889. The van der Waals surface area contributed by atoms with Gasteiger partial charge in [-0.3, -0.25) is 4.79 Å². The first-order valence-corrected chi connectivity index (χ1v) is 8.89. The lowest BCUT2D eigenvalue weighted by atomic mass is 9.78. The summed E-state index contributed by atoms with van der Waals surface area (Å²) in [6.07, 6.45) is 5.31. The fourth-order valence-corrected chi connectivity index (χ4v) is 4.13. The van der Waals surface area contributed by atoms with E-state index in [9.17, 15) is 9.59 Å². The predicted octanol–water partition coefficient (Wildman–Crippen LogP) is 2.32. The minimum atomic E-state index is -0.308. The molecule has 1 saturated heterocycles. The molecule has 1 saturated carbocycles. The topological polar surface area (TPSA) is 75.4 Å². The molecule has 0 aromatic heterocycles. The van der Waals surface area contributed by atoms with Crippen LogP contribution in [-0.2, 0) is 10.2 Å². The molecule has 2 aliphatic rings. The van der Waals surface area contributed by atoms with Crippen molar-refractivity contribution in [3.63, 3.8) is 0 Å². The Balaban J connectivity index is 1.65. The molecule has 2 fully saturated rings. The number of rotatable bonds is 4. The Morgan fingerprint density at radius 2 is 2.08 bits per heavy atom. The van der Waals surface area contributed by atoms with Gasteiger partial charge in [0.1, 0.15) is 0 Å². The van der Waals surface area contributed by atoms with Gasteiger partial charge in [-0.15, -0.1) is 0 Å². The van der Waals surface area contributed by atoms with Crippen LogP contribution in [-0.4, -0.2) is 36.5 Å². The summed E-state index contributed by atoms with van der Waals surface area (Å²) in [7, 11) is 0. The molecule has 1 aliphatic heterocycles. The van der Waals surface area contributed by atoms with Crippen LogP contribution in [0, 0.1) is 12.8 Å². The van der Waals surface area contributed by atoms with Gasteiger partial charge in [-0.05, 0) is 31.7 Å². The second-order valence-corrected chi connectivity index (χ2v) is 7.35. The second kappa shape index (κ2) is 6.83. The number of primary amides is 1. The smallest absolute Gasteiger partial charge is 0.317 e. The van der Waals surface area contributed by atoms with Crippen molar-refractivity contribution < 1.29 is 9.59 Å². The highest BCUT2D eigenvalue weighted by molar-refractivity contribution is 5.80. The van der Waals surface area contributed by atoms with E-state index < -0.39 is 0 Å². The third-order valence-corrected chi connectivity index (χ3v) is 5.65. The van der Waals surface area contributed by atoms with Crippen molar-refractivity contribution in [3.05, 3.63) is 35.4 Å². The number of aryl methyl sites for hydroxylation is 1. The minimum Gasteiger partial charge on any atom is -0.369 e. The molecule has 1 aromatic rings. The first kappa shape index (κ1) is 16.8. The lowest BCUT2D eigenvalue weighted by molar-refractivity contribution is -0.121. The zero-order chi connectivity index (χ0) is 17.2. The van der Waals surface area contributed by atoms with Crippen molar-refractivity contribution >= 4 is 11.9 Å². The van der Waals surface area contributed by atoms with E-state index in [-0.39, 0.29) is 23.3 Å². The Morgan fingerprint density at radius 1 is 1.33 bits per heavy atom. The molecule has 3 N–H and O–H groups in total. The summed E-state index contributed by atoms with van der Waals surface area (Å²) in [5.74, 6) is -0.509. The zero-order valence-corrected chi connectivity index (χ0v) is 14.4. The second-order valence-electron chi connectivity index (χ2n) is 7.35. The highest BCUT2D eigenvalue weighted by Gasteiger charge is 2.37. The van der Waals surface area contributed by atoms with Crippen LogP contribution < -0.4 is 11.1 Å². The van der Waals surface area contributed by atoms with Crippen LogP contribution in [0.2, 0.25) is 0 Å². The third kappa shape index (κ3) is 3.40.